The second-order valence-electron chi connectivity index (χ2n) is 12.0. The van der Waals surface area contributed by atoms with Gasteiger partial charge in [0.2, 0.25) is 0 Å². The molecule has 41 heavy (non-hydrogen) atoms. The molecule has 2 saturated carbocycles. The van der Waals surface area contributed by atoms with Gasteiger partial charge in [-0.1, -0.05) is 82.8 Å². The molecule has 0 spiro atoms. The maximum atomic E-state index is 14.5. The van der Waals surface area contributed by atoms with Gasteiger partial charge in [0.1, 0.15) is 0 Å². The monoisotopic (exact) mass is 558 g/mol. The molecule has 218 valence electrons. The number of hydrazone groups is 1. The zero-order chi connectivity index (χ0) is 28.8. The van der Waals surface area contributed by atoms with E-state index in [1.165, 1.54) is 49.1 Å². The van der Waals surface area contributed by atoms with Crippen molar-refractivity contribution in [3.05, 3.63) is 63.7 Å². The van der Waals surface area contributed by atoms with E-state index in [1.807, 2.05) is 25.1 Å². The number of nitro groups is 1. The summed E-state index contributed by atoms with van der Waals surface area (Å²) in [6, 6.07) is 11.5. The van der Waals surface area contributed by atoms with E-state index in [9.17, 15) is 19.7 Å². The number of carbonyl (C=O) groups excluding carboxylic acids is 2. The number of hydrogen-bond acceptors (Lipinski definition) is 5. The predicted molar refractivity (Wildman–Crippen MR) is 161 cm³/mol. The number of carbonyl (C=O) groups is 2. The molecule has 1 heterocycles. The van der Waals surface area contributed by atoms with Gasteiger partial charge in [-0.15, -0.1) is 5.01 Å². The summed E-state index contributed by atoms with van der Waals surface area (Å²) in [7, 11) is 0. The molecule has 0 aromatic heterocycles. The third-order valence-electron chi connectivity index (χ3n) is 8.97. The predicted octanol–water partition coefficient (Wildman–Crippen LogP) is 8.82. The summed E-state index contributed by atoms with van der Waals surface area (Å²) in [5, 5.41) is 17.5. The number of hydrogen-bond donors (Lipinski definition) is 0. The van der Waals surface area contributed by atoms with Gasteiger partial charge in [0.25, 0.3) is 11.6 Å². The van der Waals surface area contributed by atoms with Crippen molar-refractivity contribution < 1.29 is 14.5 Å². The average molecular weight is 559 g/mol. The van der Waals surface area contributed by atoms with Crippen molar-refractivity contribution in [2.75, 3.05) is 4.90 Å². The molecule has 3 amide bonds. The summed E-state index contributed by atoms with van der Waals surface area (Å²) >= 11 is 0. The Hall–Kier alpha value is -3.55. The molecule has 0 atom stereocenters. The standard InChI is InChI=1S/C33H42N4O4/c1-24-17-22-29-30(23-24)35(27-18-20-28(21-19-27)37(40)41)33(39)36(34-31(29)25-13-11-8-12-14-25)32(38)26-15-9-6-4-2-3-5-7-10-16-26/h17-23,25-26H,2-16H2,1H3. The Bertz CT molecular complexity index is 1270. The van der Waals surface area contributed by atoms with Crippen LogP contribution in [0.25, 0.3) is 0 Å². The number of urea groups is 1. The van der Waals surface area contributed by atoms with Crippen molar-refractivity contribution in [1.29, 1.82) is 0 Å². The molecule has 2 aromatic rings. The molecular formula is C33H42N4O4. The van der Waals surface area contributed by atoms with E-state index in [-0.39, 0.29) is 23.4 Å². The Morgan fingerprint density at radius 1 is 0.829 bits per heavy atom. The highest BCUT2D eigenvalue weighted by molar-refractivity contribution is 6.17. The van der Waals surface area contributed by atoms with Crippen molar-refractivity contribution in [1.82, 2.24) is 5.01 Å². The SMILES string of the molecule is Cc1ccc2c(c1)N(c1ccc([N+](=O)[O-])cc1)C(=O)N(C(=O)C1CCCCCCCCCC1)N=C2C1CCCCC1. The van der Waals surface area contributed by atoms with Gasteiger partial charge in [0, 0.05) is 29.5 Å². The Morgan fingerprint density at radius 2 is 1.39 bits per heavy atom. The van der Waals surface area contributed by atoms with Crippen LogP contribution < -0.4 is 4.90 Å². The number of fused-ring (bicyclic) bond motifs is 1. The molecule has 0 saturated heterocycles. The lowest BCUT2D eigenvalue weighted by molar-refractivity contribution is -0.384. The minimum atomic E-state index is -0.518. The molecule has 1 aliphatic heterocycles. The quantitative estimate of drug-likeness (QED) is 0.277. The van der Waals surface area contributed by atoms with E-state index < -0.39 is 11.0 Å². The Morgan fingerprint density at radius 3 is 2.00 bits per heavy atom. The topological polar surface area (TPSA) is 96.1 Å². The second kappa shape index (κ2) is 13.4. The zero-order valence-corrected chi connectivity index (χ0v) is 24.2. The van der Waals surface area contributed by atoms with E-state index in [2.05, 4.69) is 0 Å². The minimum absolute atomic E-state index is 0.0509. The van der Waals surface area contributed by atoms with Crippen LogP contribution in [-0.4, -0.2) is 27.6 Å². The minimum Gasteiger partial charge on any atom is -0.272 e. The fraction of sp³-hybridized carbons (Fsp3) is 0.545. The number of benzene rings is 2. The molecule has 0 unspecified atom stereocenters. The van der Waals surface area contributed by atoms with E-state index in [0.29, 0.717) is 11.4 Å². The van der Waals surface area contributed by atoms with Gasteiger partial charge in [0.15, 0.2) is 0 Å². The third-order valence-corrected chi connectivity index (χ3v) is 8.97. The van der Waals surface area contributed by atoms with Crippen LogP contribution in [0.3, 0.4) is 0 Å². The largest absolute Gasteiger partial charge is 0.356 e. The lowest BCUT2D eigenvalue weighted by atomic mass is 9.82. The number of aryl methyl sites for hydroxylation is 1. The molecule has 8 heteroatoms. The summed E-state index contributed by atoms with van der Waals surface area (Å²) in [5.41, 5.74) is 3.74. The number of amides is 3. The second-order valence-corrected chi connectivity index (χ2v) is 12.0. The van der Waals surface area contributed by atoms with Crippen LogP contribution >= 0.6 is 0 Å². The van der Waals surface area contributed by atoms with Gasteiger partial charge in [-0.2, -0.15) is 5.10 Å². The molecular weight excluding hydrogens is 516 g/mol. The fourth-order valence-corrected chi connectivity index (χ4v) is 6.65. The lowest BCUT2D eigenvalue weighted by Gasteiger charge is -2.28. The van der Waals surface area contributed by atoms with E-state index in [1.54, 1.807) is 12.1 Å². The number of nitro benzene ring substituents is 1. The molecule has 2 aliphatic carbocycles. The first-order chi connectivity index (χ1) is 19.9. The van der Waals surface area contributed by atoms with Crippen LogP contribution in [0.1, 0.15) is 107 Å². The normalized spacial score (nSPS) is 20.0. The number of rotatable bonds is 4. The molecule has 2 aromatic carbocycles. The highest BCUT2D eigenvalue weighted by atomic mass is 16.6. The van der Waals surface area contributed by atoms with Crippen LogP contribution in [0.15, 0.2) is 47.6 Å². The Kier molecular flexibility index (Phi) is 9.47. The van der Waals surface area contributed by atoms with Crippen molar-refractivity contribution in [2.45, 2.75) is 103 Å². The van der Waals surface area contributed by atoms with Crippen LogP contribution in [0, 0.1) is 28.9 Å². The van der Waals surface area contributed by atoms with Crippen molar-refractivity contribution in [3.63, 3.8) is 0 Å². The Labute approximate surface area is 242 Å². The number of imide groups is 1. The molecule has 0 bridgehead atoms. The molecule has 8 nitrogen and oxygen atoms in total. The number of non-ortho nitro benzene ring substituents is 1. The van der Waals surface area contributed by atoms with Crippen molar-refractivity contribution >= 4 is 34.7 Å². The van der Waals surface area contributed by atoms with E-state index in [0.717, 1.165) is 86.1 Å². The highest BCUT2D eigenvalue weighted by Gasteiger charge is 2.39. The van der Waals surface area contributed by atoms with Crippen LogP contribution in [0.4, 0.5) is 21.9 Å². The first-order valence-corrected chi connectivity index (χ1v) is 15.6. The van der Waals surface area contributed by atoms with Gasteiger partial charge in [0.05, 0.1) is 22.0 Å². The number of nitrogens with zero attached hydrogens (tertiary/aromatic N) is 4. The fourth-order valence-electron chi connectivity index (χ4n) is 6.65. The summed E-state index contributed by atoms with van der Waals surface area (Å²) in [6.45, 7) is 1.98. The summed E-state index contributed by atoms with van der Waals surface area (Å²) in [5.74, 6) is -0.313. The van der Waals surface area contributed by atoms with E-state index >= 15 is 0 Å². The van der Waals surface area contributed by atoms with Crippen LogP contribution in [0.5, 0.6) is 0 Å². The highest BCUT2D eigenvalue weighted by Crippen LogP contribution is 2.39. The molecule has 0 radical (unpaired) electrons. The molecule has 3 aliphatic rings. The maximum absolute atomic E-state index is 14.5. The van der Waals surface area contributed by atoms with E-state index in [4.69, 9.17) is 5.10 Å². The molecule has 0 N–H and O–H groups in total. The van der Waals surface area contributed by atoms with Gasteiger partial charge in [-0.25, -0.2) is 4.79 Å². The van der Waals surface area contributed by atoms with Gasteiger partial charge in [-0.3, -0.25) is 19.8 Å². The van der Waals surface area contributed by atoms with Gasteiger partial charge in [-0.05, 0) is 56.4 Å². The smallest absolute Gasteiger partial charge is 0.272 e. The van der Waals surface area contributed by atoms with Gasteiger partial charge >= 0.3 is 6.03 Å². The molecule has 2 fully saturated rings. The average Bonchev–Trinajstić information content (AvgIpc) is 3.14. The Balaban J connectivity index is 1.59. The first-order valence-electron chi connectivity index (χ1n) is 15.6. The lowest BCUT2D eigenvalue weighted by Crippen LogP contribution is -2.43. The van der Waals surface area contributed by atoms with Crippen molar-refractivity contribution in [3.8, 4) is 0 Å². The summed E-state index contributed by atoms with van der Waals surface area (Å²) < 4.78 is 0. The number of anilines is 2. The summed E-state index contributed by atoms with van der Waals surface area (Å²) in [4.78, 5) is 41.2. The third kappa shape index (κ3) is 6.68. The van der Waals surface area contributed by atoms with Crippen molar-refractivity contribution in [2.24, 2.45) is 16.9 Å². The molecule has 5 rings (SSSR count). The van der Waals surface area contributed by atoms with Crippen LogP contribution in [-0.2, 0) is 4.79 Å². The first kappa shape index (κ1) is 29.0. The zero-order valence-electron chi connectivity index (χ0n) is 24.2. The maximum Gasteiger partial charge on any atom is 0.356 e. The summed E-state index contributed by atoms with van der Waals surface area (Å²) in [6.07, 6.45) is 15.9. The van der Waals surface area contributed by atoms with Gasteiger partial charge < -0.3 is 0 Å². The van der Waals surface area contributed by atoms with Crippen LogP contribution in [0.2, 0.25) is 0 Å².